The first-order valence-corrected chi connectivity index (χ1v) is 6.56. The van der Waals surface area contributed by atoms with Crippen LogP contribution in [0.25, 0.3) is 0 Å². The highest BCUT2D eigenvalue weighted by Crippen LogP contribution is 2.26. The normalized spacial score (nSPS) is 14.0. The Kier molecular flexibility index (Phi) is 4.75. The van der Waals surface area contributed by atoms with Crippen LogP contribution in [0.1, 0.15) is 64.4 Å². The van der Waals surface area contributed by atoms with Gasteiger partial charge in [0, 0.05) is 6.54 Å². The Hall–Kier alpha value is -0.830. The molecule has 1 heterocycles. The molecule has 0 aliphatic carbocycles. The Balaban J connectivity index is 2.54. The van der Waals surface area contributed by atoms with Gasteiger partial charge in [0.1, 0.15) is 0 Å². The molecule has 1 N–H and O–H groups in total. The summed E-state index contributed by atoms with van der Waals surface area (Å²) in [5, 5.41) is 14.5. The third kappa shape index (κ3) is 4.50. The van der Waals surface area contributed by atoms with Crippen LogP contribution in [0, 0.1) is 12.3 Å². The summed E-state index contributed by atoms with van der Waals surface area (Å²) in [6.07, 6.45) is 2.64. The summed E-state index contributed by atoms with van der Waals surface area (Å²) in [5.41, 5.74) is 2.29. The van der Waals surface area contributed by atoms with Crippen molar-refractivity contribution in [2.45, 2.75) is 66.5 Å². The maximum atomic E-state index is 10.2. The maximum absolute atomic E-state index is 10.2. The van der Waals surface area contributed by atoms with Gasteiger partial charge in [-0.15, -0.1) is 0 Å². The minimum absolute atomic E-state index is 0.348. The summed E-state index contributed by atoms with van der Waals surface area (Å²) in [7, 11) is 0. The predicted octanol–water partition coefficient (Wildman–Crippen LogP) is 3.46. The Bertz CT molecular complexity index is 350. The van der Waals surface area contributed by atoms with Gasteiger partial charge in [-0.1, -0.05) is 20.8 Å². The van der Waals surface area contributed by atoms with Gasteiger partial charge in [-0.25, -0.2) is 0 Å². The third-order valence-corrected chi connectivity index (χ3v) is 2.98. The quantitative estimate of drug-likeness (QED) is 0.853. The number of aryl methyl sites for hydroxylation is 2. The van der Waals surface area contributed by atoms with E-state index in [4.69, 9.17) is 0 Å². The molecule has 0 fully saturated rings. The fraction of sp³-hybridized carbons (Fsp3) is 0.786. The van der Waals surface area contributed by atoms with Crippen molar-refractivity contribution in [2.75, 3.05) is 0 Å². The van der Waals surface area contributed by atoms with Gasteiger partial charge < -0.3 is 5.11 Å². The van der Waals surface area contributed by atoms with E-state index in [1.165, 1.54) is 0 Å². The molecular formula is C14H26N2O. The average molecular weight is 238 g/mol. The van der Waals surface area contributed by atoms with Gasteiger partial charge in [0.05, 0.1) is 17.5 Å². The summed E-state index contributed by atoms with van der Waals surface area (Å²) in [4.78, 5) is 0. The van der Waals surface area contributed by atoms with Crippen LogP contribution < -0.4 is 0 Å². The topological polar surface area (TPSA) is 38.0 Å². The SMILES string of the molecule is CCn1nc(C)cc1C(O)CCCC(C)(C)C. The maximum Gasteiger partial charge on any atom is 0.0956 e. The summed E-state index contributed by atoms with van der Waals surface area (Å²) in [6, 6.07) is 1.99. The second kappa shape index (κ2) is 5.67. The number of rotatable bonds is 5. The molecule has 98 valence electrons. The lowest BCUT2D eigenvalue weighted by Crippen LogP contribution is -2.10. The molecule has 0 aromatic carbocycles. The molecule has 0 aliphatic heterocycles. The van der Waals surface area contributed by atoms with Crippen molar-refractivity contribution in [1.29, 1.82) is 0 Å². The van der Waals surface area contributed by atoms with Gasteiger partial charge in [-0.3, -0.25) is 4.68 Å². The molecule has 0 spiro atoms. The van der Waals surface area contributed by atoms with Crippen molar-refractivity contribution in [1.82, 2.24) is 9.78 Å². The molecule has 1 aromatic rings. The summed E-state index contributed by atoms with van der Waals surface area (Å²) in [5.74, 6) is 0. The van der Waals surface area contributed by atoms with Gasteiger partial charge in [-0.2, -0.15) is 5.10 Å². The van der Waals surface area contributed by atoms with E-state index in [0.717, 1.165) is 37.2 Å². The lowest BCUT2D eigenvalue weighted by Gasteiger charge is -2.19. The largest absolute Gasteiger partial charge is 0.387 e. The van der Waals surface area contributed by atoms with Crippen LogP contribution in [0.4, 0.5) is 0 Å². The lowest BCUT2D eigenvalue weighted by molar-refractivity contribution is 0.148. The Morgan fingerprint density at radius 1 is 1.41 bits per heavy atom. The number of aromatic nitrogens is 2. The smallest absolute Gasteiger partial charge is 0.0956 e. The van der Waals surface area contributed by atoms with Gasteiger partial charge >= 0.3 is 0 Å². The second-order valence-corrected chi connectivity index (χ2v) is 6.00. The number of hydrogen-bond donors (Lipinski definition) is 1. The zero-order valence-electron chi connectivity index (χ0n) is 11.8. The molecule has 0 saturated carbocycles. The summed E-state index contributed by atoms with van der Waals surface area (Å²) < 4.78 is 1.90. The molecule has 1 unspecified atom stereocenters. The summed E-state index contributed by atoms with van der Waals surface area (Å²) >= 11 is 0. The monoisotopic (exact) mass is 238 g/mol. The van der Waals surface area contributed by atoms with Crippen LogP contribution in [0.5, 0.6) is 0 Å². The van der Waals surface area contributed by atoms with E-state index in [0.29, 0.717) is 5.41 Å². The van der Waals surface area contributed by atoms with E-state index in [2.05, 4.69) is 32.8 Å². The first kappa shape index (κ1) is 14.2. The standard InChI is InChI=1S/C14H26N2O/c1-6-16-12(10-11(2)15-16)13(17)8-7-9-14(3,4)5/h10,13,17H,6-9H2,1-5H3. The Morgan fingerprint density at radius 2 is 2.06 bits per heavy atom. The molecule has 1 aromatic heterocycles. The van der Waals surface area contributed by atoms with Crippen LogP contribution in [-0.2, 0) is 6.54 Å². The van der Waals surface area contributed by atoms with Gasteiger partial charge in [0.25, 0.3) is 0 Å². The van der Waals surface area contributed by atoms with Crippen LogP contribution in [-0.4, -0.2) is 14.9 Å². The molecule has 3 heteroatoms. The Morgan fingerprint density at radius 3 is 2.59 bits per heavy atom. The van der Waals surface area contributed by atoms with Crippen LogP contribution >= 0.6 is 0 Å². The lowest BCUT2D eigenvalue weighted by atomic mass is 9.89. The van der Waals surface area contributed by atoms with Crippen LogP contribution in [0.15, 0.2) is 6.07 Å². The average Bonchev–Trinajstić information content (AvgIpc) is 2.57. The van der Waals surface area contributed by atoms with E-state index in [1.54, 1.807) is 0 Å². The van der Waals surface area contributed by atoms with E-state index in [1.807, 2.05) is 17.7 Å². The minimum atomic E-state index is -0.376. The molecule has 0 radical (unpaired) electrons. The molecule has 17 heavy (non-hydrogen) atoms. The van der Waals surface area contributed by atoms with E-state index < -0.39 is 0 Å². The molecule has 1 rings (SSSR count). The van der Waals surface area contributed by atoms with Gasteiger partial charge in [-0.05, 0) is 44.6 Å². The number of nitrogens with zero attached hydrogens (tertiary/aromatic N) is 2. The van der Waals surface area contributed by atoms with Crippen LogP contribution in [0.3, 0.4) is 0 Å². The highest BCUT2D eigenvalue weighted by molar-refractivity contribution is 5.11. The molecule has 3 nitrogen and oxygen atoms in total. The molecule has 0 aliphatic rings. The number of aliphatic hydroxyl groups is 1. The fourth-order valence-corrected chi connectivity index (χ4v) is 2.06. The fourth-order valence-electron chi connectivity index (χ4n) is 2.06. The number of aliphatic hydroxyl groups excluding tert-OH is 1. The molecule has 1 atom stereocenters. The van der Waals surface area contributed by atoms with Crippen molar-refractivity contribution < 1.29 is 5.11 Å². The zero-order chi connectivity index (χ0) is 13.1. The molecule has 0 saturated heterocycles. The number of hydrogen-bond acceptors (Lipinski definition) is 2. The van der Waals surface area contributed by atoms with Crippen LogP contribution in [0.2, 0.25) is 0 Å². The van der Waals surface area contributed by atoms with E-state index in [-0.39, 0.29) is 6.10 Å². The highest BCUT2D eigenvalue weighted by atomic mass is 16.3. The van der Waals surface area contributed by atoms with Gasteiger partial charge in [0.2, 0.25) is 0 Å². The predicted molar refractivity (Wildman–Crippen MR) is 70.9 cm³/mol. The Labute approximate surface area is 105 Å². The first-order valence-electron chi connectivity index (χ1n) is 6.56. The minimum Gasteiger partial charge on any atom is -0.387 e. The van der Waals surface area contributed by atoms with E-state index >= 15 is 0 Å². The van der Waals surface area contributed by atoms with E-state index in [9.17, 15) is 5.11 Å². The second-order valence-electron chi connectivity index (χ2n) is 6.00. The van der Waals surface area contributed by atoms with Crippen molar-refractivity contribution in [3.63, 3.8) is 0 Å². The van der Waals surface area contributed by atoms with Crippen molar-refractivity contribution in [3.8, 4) is 0 Å². The molecule has 0 amide bonds. The third-order valence-electron chi connectivity index (χ3n) is 2.98. The van der Waals surface area contributed by atoms with Gasteiger partial charge in [0.15, 0.2) is 0 Å². The molecular weight excluding hydrogens is 212 g/mol. The zero-order valence-corrected chi connectivity index (χ0v) is 11.8. The summed E-state index contributed by atoms with van der Waals surface area (Å²) in [6.45, 7) is 11.5. The molecule has 0 bridgehead atoms. The van der Waals surface area contributed by atoms with Crippen molar-refractivity contribution in [2.24, 2.45) is 5.41 Å². The first-order chi connectivity index (χ1) is 7.83. The van der Waals surface area contributed by atoms with Crippen molar-refractivity contribution >= 4 is 0 Å². The highest BCUT2D eigenvalue weighted by Gasteiger charge is 2.16. The van der Waals surface area contributed by atoms with Crippen molar-refractivity contribution in [3.05, 3.63) is 17.5 Å².